The molecule has 0 radical (unpaired) electrons. The third-order valence-corrected chi connectivity index (χ3v) is 6.30. The van der Waals surface area contributed by atoms with Crippen LogP contribution in [0, 0.1) is 20.8 Å². The van der Waals surface area contributed by atoms with Crippen LogP contribution in [0.5, 0.6) is 0 Å². The van der Waals surface area contributed by atoms with Gasteiger partial charge in [0, 0.05) is 24.5 Å². The number of benzene rings is 2. The predicted molar refractivity (Wildman–Crippen MR) is 121 cm³/mol. The number of hydrogen-bond donors (Lipinski definition) is 1. The van der Waals surface area contributed by atoms with E-state index in [0.29, 0.717) is 5.16 Å². The molecule has 0 atom stereocenters. The number of nitrogens with one attached hydrogen (secondary N) is 1. The monoisotopic (exact) mass is 422 g/mol. The number of rotatable bonds is 6. The first kappa shape index (κ1) is 20.4. The molecular weight excluding hydrogens is 396 g/mol. The van der Waals surface area contributed by atoms with Crippen molar-refractivity contribution in [2.45, 2.75) is 38.8 Å². The lowest BCUT2D eigenvalue weighted by Crippen LogP contribution is -2.18. The van der Waals surface area contributed by atoms with Crippen molar-refractivity contribution >= 4 is 29.0 Å². The molecule has 8 heteroatoms. The van der Waals surface area contributed by atoms with Gasteiger partial charge in [0.05, 0.1) is 11.4 Å². The molecule has 1 amide bonds. The Morgan fingerprint density at radius 1 is 1.07 bits per heavy atom. The third kappa shape index (κ3) is 4.33. The molecule has 1 N–H and O–H groups in total. The van der Waals surface area contributed by atoms with Gasteiger partial charge in [0.25, 0.3) is 0 Å². The number of thioether (sulfide) groups is 1. The van der Waals surface area contributed by atoms with Gasteiger partial charge in [-0.1, -0.05) is 30.0 Å². The number of anilines is 2. The van der Waals surface area contributed by atoms with Crippen LogP contribution in [0.2, 0.25) is 0 Å². The molecule has 1 fully saturated rings. The number of tetrazole rings is 1. The molecule has 0 aliphatic carbocycles. The van der Waals surface area contributed by atoms with Crippen LogP contribution >= 0.6 is 11.8 Å². The topological polar surface area (TPSA) is 75.9 Å². The molecule has 2 heterocycles. The zero-order chi connectivity index (χ0) is 21.1. The van der Waals surface area contributed by atoms with Gasteiger partial charge in [-0.2, -0.15) is 4.68 Å². The van der Waals surface area contributed by atoms with E-state index in [1.54, 1.807) is 4.68 Å². The number of nitrogens with zero attached hydrogens (tertiary/aromatic N) is 5. The van der Waals surface area contributed by atoms with E-state index in [1.807, 2.05) is 45.0 Å². The molecule has 1 saturated heterocycles. The third-order valence-electron chi connectivity index (χ3n) is 5.38. The van der Waals surface area contributed by atoms with E-state index in [2.05, 4.69) is 37.9 Å². The lowest BCUT2D eigenvalue weighted by Gasteiger charge is -2.19. The fraction of sp³-hybridized carbons (Fsp3) is 0.364. The van der Waals surface area contributed by atoms with Crippen molar-refractivity contribution in [3.8, 4) is 5.69 Å². The van der Waals surface area contributed by atoms with Crippen LogP contribution in [0.15, 0.2) is 41.6 Å². The lowest BCUT2D eigenvalue weighted by atomic mass is 10.1. The first-order valence-corrected chi connectivity index (χ1v) is 11.1. The van der Waals surface area contributed by atoms with Gasteiger partial charge in [-0.3, -0.25) is 4.79 Å². The van der Waals surface area contributed by atoms with Crippen LogP contribution in [0.1, 0.15) is 29.5 Å². The molecule has 30 heavy (non-hydrogen) atoms. The van der Waals surface area contributed by atoms with Crippen LogP contribution in [0.3, 0.4) is 0 Å². The molecule has 1 aliphatic rings. The van der Waals surface area contributed by atoms with Gasteiger partial charge in [0.2, 0.25) is 11.1 Å². The van der Waals surface area contributed by atoms with E-state index < -0.39 is 0 Å². The Kier molecular flexibility index (Phi) is 6.03. The summed E-state index contributed by atoms with van der Waals surface area (Å²) in [5.41, 5.74) is 6.27. The zero-order valence-corrected chi connectivity index (χ0v) is 18.4. The predicted octanol–water partition coefficient (Wildman–Crippen LogP) is 3.92. The lowest BCUT2D eigenvalue weighted by molar-refractivity contribution is -0.113. The molecule has 156 valence electrons. The summed E-state index contributed by atoms with van der Waals surface area (Å²) >= 11 is 1.33. The normalized spacial score (nSPS) is 13.6. The summed E-state index contributed by atoms with van der Waals surface area (Å²) in [4.78, 5) is 15.0. The molecular formula is C22H26N6OS. The Balaban J connectivity index is 1.41. The Morgan fingerprint density at radius 2 is 1.80 bits per heavy atom. The average molecular weight is 423 g/mol. The van der Waals surface area contributed by atoms with Gasteiger partial charge in [-0.15, -0.1) is 5.10 Å². The summed E-state index contributed by atoms with van der Waals surface area (Å²) in [5, 5.41) is 15.7. The first-order valence-electron chi connectivity index (χ1n) is 10.2. The maximum absolute atomic E-state index is 12.6. The Labute approximate surface area is 180 Å². The molecule has 7 nitrogen and oxygen atoms in total. The summed E-state index contributed by atoms with van der Waals surface area (Å²) in [7, 11) is 0. The second kappa shape index (κ2) is 8.87. The van der Waals surface area contributed by atoms with Crippen LogP contribution in [-0.2, 0) is 4.79 Å². The molecule has 2 aromatic carbocycles. The molecule has 4 rings (SSSR count). The number of aryl methyl sites for hydroxylation is 3. The molecule has 1 aromatic heterocycles. The molecule has 0 bridgehead atoms. The fourth-order valence-electron chi connectivity index (χ4n) is 3.83. The van der Waals surface area contributed by atoms with Crippen LogP contribution in [0.4, 0.5) is 11.4 Å². The minimum Gasteiger partial charge on any atom is -0.372 e. The van der Waals surface area contributed by atoms with Gasteiger partial charge in [-0.05, 0) is 78.9 Å². The summed E-state index contributed by atoms with van der Waals surface area (Å²) in [6.07, 6.45) is 2.49. The summed E-state index contributed by atoms with van der Waals surface area (Å²) < 4.78 is 1.71. The highest BCUT2D eigenvalue weighted by Gasteiger charge is 2.16. The first-order chi connectivity index (χ1) is 14.5. The second-order valence-electron chi connectivity index (χ2n) is 7.64. The Hall–Kier alpha value is -2.87. The largest absolute Gasteiger partial charge is 0.372 e. The highest BCUT2D eigenvalue weighted by molar-refractivity contribution is 7.99. The van der Waals surface area contributed by atoms with Gasteiger partial charge >= 0.3 is 0 Å². The number of carbonyl (C=O) groups is 1. The average Bonchev–Trinajstić information content (AvgIpc) is 3.40. The fourth-order valence-corrected chi connectivity index (χ4v) is 4.50. The van der Waals surface area contributed by atoms with E-state index in [1.165, 1.54) is 30.3 Å². The van der Waals surface area contributed by atoms with Gasteiger partial charge in [0.1, 0.15) is 0 Å². The highest BCUT2D eigenvalue weighted by atomic mass is 32.2. The molecule has 0 saturated carbocycles. The number of carbonyl (C=O) groups excluding carboxylic acids is 1. The standard InChI is InChI=1S/C22H26N6OS/c1-15-7-6-8-16(2)21(15)28-22(24-25-26-28)30-14-20(29)23-19-10-9-18(13-17(19)3)27-11-4-5-12-27/h6-10,13H,4-5,11-12,14H2,1-3H3,(H,23,29). The second-order valence-corrected chi connectivity index (χ2v) is 8.59. The van der Waals surface area contributed by atoms with Gasteiger partial charge < -0.3 is 10.2 Å². The van der Waals surface area contributed by atoms with E-state index >= 15 is 0 Å². The number of hydrogen-bond acceptors (Lipinski definition) is 6. The maximum atomic E-state index is 12.6. The van der Waals surface area contributed by atoms with E-state index in [4.69, 9.17) is 0 Å². The van der Waals surface area contributed by atoms with E-state index in [9.17, 15) is 4.79 Å². The van der Waals surface area contributed by atoms with Crippen molar-refractivity contribution in [2.24, 2.45) is 0 Å². The van der Waals surface area contributed by atoms with Crippen molar-refractivity contribution < 1.29 is 4.79 Å². The van der Waals surface area contributed by atoms with Crippen molar-refractivity contribution in [1.29, 1.82) is 0 Å². The smallest absolute Gasteiger partial charge is 0.234 e. The van der Waals surface area contributed by atoms with Gasteiger partial charge in [-0.25, -0.2) is 0 Å². The highest BCUT2D eigenvalue weighted by Crippen LogP contribution is 2.27. The minimum atomic E-state index is -0.0759. The molecule has 0 spiro atoms. The summed E-state index contributed by atoms with van der Waals surface area (Å²) in [5.74, 6) is 0.159. The van der Waals surface area contributed by atoms with Crippen molar-refractivity contribution in [1.82, 2.24) is 20.2 Å². The SMILES string of the molecule is Cc1cc(N2CCCC2)ccc1NC(=O)CSc1nnnn1-c1c(C)cccc1C. The summed E-state index contributed by atoms with van der Waals surface area (Å²) in [6.45, 7) is 8.30. The number of para-hydroxylation sites is 1. The van der Waals surface area contributed by atoms with Crippen molar-refractivity contribution in [2.75, 3.05) is 29.1 Å². The number of amides is 1. The van der Waals surface area contributed by atoms with Crippen LogP contribution in [-0.4, -0.2) is 45.0 Å². The minimum absolute atomic E-state index is 0.0759. The maximum Gasteiger partial charge on any atom is 0.234 e. The van der Waals surface area contributed by atoms with E-state index in [0.717, 1.165) is 41.2 Å². The quantitative estimate of drug-likeness (QED) is 0.607. The Bertz CT molecular complexity index is 1040. The van der Waals surface area contributed by atoms with Crippen LogP contribution < -0.4 is 10.2 Å². The van der Waals surface area contributed by atoms with E-state index in [-0.39, 0.29) is 11.7 Å². The molecule has 3 aromatic rings. The van der Waals surface area contributed by atoms with Crippen molar-refractivity contribution in [3.63, 3.8) is 0 Å². The Morgan fingerprint density at radius 3 is 2.50 bits per heavy atom. The van der Waals surface area contributed by atoms with Crippen LogP contribution in [0.25, 0.3) is 5.69 Å². The van der Waals surface area contributed by atoms with Crippen molar-refractivity contribution in [3.05, 3.63) is 53.1 Å². The summed E-state index contributed by atoms with van der Waals surface area (Å²) in [6, 6.07) is 12.3. The van der Waals surface area contributed by atoms with Gasteiger partial charge in [0.15, 0.2) is 0 Å². The molecule has 1 aliphatic heterocycles. The zero-order valence-electron chi connectivity index (χ0n) is 17.6. The number of aromatic nitrogens is 4. The molecule has 0 unspecified atom stereocenters.